The smallest absolute Gasteiger partial charge is 0.274 e. The summed E-state index contributed by atoms with van der Waals surface area (Å²) in [6.07, 6.45) is 1.76. The summed E-state index contributed by atoms with van der Waals surface area (Å²) >= 11 is 0. The summed E-state index contributed by atoms with van der Waals surface area (Å²) in [6.45, 7) is 4.83. The van der Waals surface area contributed by atoms with E-state index < -0.39 is 76.0 Å². The minimum Gasteiger partial charge on any atom is -0.503 e. The van der Waals surface area contributed by atoms with Crippen LogP contribution in [0.2, 0.25) is 0 Å². The van der Waals surface area contributed by atoms with Gasteiger partial charge in [0.15, 0.2) is 17.2 Å². The molecule has 2 amide bonds. The molecule has 4 rings (SSSR count). The standard InChI is InChI=1S/C25H28F3N3O6/c1-12-5-6-19(37-25(2,3)36-4)18-11-30(12)24(35)20-22(33)21(32)15(10-31(18)20)23(34)29-9-14-16(27)7-13(26)8-17(14)28/h7-8,10,12,18-19,33H,5-6,9,11H2,1-4H3,(H,29,34). The van der Waals surface area contributed by atoms with E-state index >= 15 is 0 Å². The van der Waals surface area contributed by atoms with Gasteiger partial charge in [0, 0.05) is 50.1 Å². The Balaban J connectivity index is 1.73. The third-order valence-corrected chi connectivity index (χ3v) is 6.95. The molecule has 1 fully saturated rings. The topological polar surface area (TPSA) is 110 Å². The van der Waals surface area contributed by atoms with Gasteiger partial charge in [0.25, 0.3) is 11.8 Å². The number of rotatable bonds is 6. The highest BCUT2D eigenvalue weighted by Gasteiger charge is 2.44. The Morgan fingerprint density at radius 2 is 1.84 bits per heavy atom. The normalized spacial score (nSPS) is 21.4. The summed E-state index contributed by atoms with van der Waals surface area (Å²) in [5, 5.41) is 13.0. The number of carbonyl (C=O) groups is 2. The van der Waals surface area contributed by atoms with E-state index in [-0.39, 0.29) is 18.3 Å². The first-order chi connectivity index (χ1) is 17.3. The number of amides is 2. The second-order valence-corrected chi connectivity index (χ2v) is 9.72. The van der Waals surface area contributed by atoms with Crippen molar-refractivity contribution in [3.63, 3.8) is 0 Å². The number of nitrogens with zero attached hydrogens (tertiary/aromatic N) is 2. The number of hydrogen-bond donors (Lipinski definition) is 2. The van der Waals surface area contributed by atoms with Crippen molar-refractivity contribution in [2.45, 2.75) is 64.1 Å². The van der Waals surface area contributed by atoms with Crippen LogP contribution < -0.4 is 10.7 Å². The van der Waals surface area contributed by atoms with Gasteiger partial charge in [-0.3, -0.25) is 14.4 Å². The van der Waals surface area contributed by atoms with Gasteiger partial charge in [-0.1, -0.05) is 0 Å². The molecule has 12 heteroatoms. The lowest BCUT2D eigenvalue weighted by Crippen LogP contribution is -2.50. The summed E-state index contributed by atoms with van der Waals surface area (Å²) in [7, 11) is 1.49. The van der Waals surface area contributed by atoms with Crippen molar-refractivity contribution in [2.75, 3.05) is 13.7 Å². The van der Waals surface area contributed by atoms with Crippen LogP contribution in [0.15, 0.2) is 23.1 Å². The Bertz CT molecular complexity index is 1290. The molecule has 1 aromatic heterocycles. The lowest BCUT2D eigenvalue weighted by molar-refractivity contribution is -0.232. The fourth-order valence-electron chi connectivity index (χ4n) is 4.75. The fourth-order valence-corrected chi connectivity index (χ4v) is 4.75. The average molecular weight is 524 g/mol. The molecule has 9 nitrogen and oxygen atoms in total. The van der Waals surface area contributed by atoms with Gasteiger partial charge < -0.3 is 29.4 Å². The molecule has 0 saturated carbocycles. The molecular weight excluding hydrogens is 495 g/mol. The van der Waals surface area contributed by atoms with Gasteiger partial charge in [0.05, 0.1) is 12.1 Å². The molecule has 2 aromatic rings. The van der Waals surface area contributed by atoms with Crippen molar-refractivity contribution in [1.29, 1.82) is 0 Å². The van der Waals surface area contributed by atoms with E-state index in [0.717, 1.165) is 6.20 Å². The third-order valence-electron chi connectivity index (χ3n) is 6.95. The van der Waals surface area contributed by atoms with E-state index in [1.54, 1.807) is 18.7 Å². The van der Waals surface area contributed by atoms with Crippen molar-refractivity contribution in [3.8, 4) is 5.75 Å². The van der Waals surface area contributed by atoms with Crippen LogP contribution in [0.25, 0.3) is 0 Å². The number of aromatic nitrogens is 1. The monoisotopic (exact) mass is 523 g/mol. The second kappa shape index (κ2) is 9.82. The Labute approximate surface area is 210 Å². The molecule has 1 aromatic carbocycles. The van der Waals surface area contributed by atoms with Crippen LogP contribution >= 0.6 is 0 Å². The van der Waals surface area contributed by atoms with Gasteiger partial charge in [-0.05, 0) is 33.6 Å². The number of methoxy groups -OCH3 is 1. The van der Waals surface area contributed by atoms with Crippen molar-refractivity contribution < 1.29 is 37.3 Å². The maximum Gasteiger partial charge on any atom is 0.274 e. The Morgan fingerprint density at radius 1 is 1.19 bits per heavy atom. The Morgan fingerprint density at radius 3 is 2.46 bits per heavy atom. The molecule has 3 heterocycles. The van der Waals surface area contributed by atoms with Crippen LogP contribution in [0.1, 0.15) is 66.1 Å². The van der Waals surface area contributed by atoms with Crippen LogP contribution in [0.4, 0.5) is 13.2 Å². The zero-order chi connectivity index (χ0) is 27.2. The minimum absolute atomic E-state index is 0.194. The summed E-state index contributed by atoms with van der Waals surface area (Å²) in [5.41, 5.74) is -2.52. The molecule has 200 valence electrons. The van der Waals surface area contributed by atoms with Crippen LogP contribution in [0, 0.1) is 17.5 Å². The van der Waals surface area contributed by atoms with Crippen LogP contribution in [0.5, 0.6) is 5.75 Å². The van der Waals surface area contributed by atoms with E-state index in [4.69, 9.17) is 9.47 Å². The third kappa shape index (κ3) is 4.95. The number of pyridine rings is 1. The van der Waals surface area contributed by atoms with Crippen LogP contribution in [-0.4, -0.2) is 58.0 Å². The van der Waals surface area contributed by atoms with Gasteiger partial charge in [0.1, 0.15) is 23.0 Å². The number of nitrogens with one attached hydrogen (secondary N) is 1. The summed E-state index contributed by atoms with van der Waals surface area (Å²) in [5.74, 6) is -7.02. The van der Waals surface area contributed by atoms with E-state index in [1.165, 1.54) is 11.7 Å². The molecule has 1 saturated heterocycles. The highest BCUT2D eigenvalue weighted by atomic mass is 19.1. The number of benzene rings is 1. The predicted octanol–water partition coefficient (Wildman–Crippen LogP) is 2.85. The Kier molecular flexibility index (Phi) is 7.08. The molecule has 2 bridgehead atoms. The molecule has 3 atom stereocenters. The van der Waals surface area contributed by atoms with E-state index in [0.29, 0.717) is 25.0 Å². The SMILES string of the molecule is COC(C)(C)OC1CCC(C)N2CC1n1cc(C(=O)NCc3c(F)cc(F)cc3F)c(=O)c(O)c1C2=O. The van der Waals surface area contributed by atoms with Crippen molar-refractivity contribution in [1.82, 2.24) is 14.8 Å². The molecule has 0 aliphatic carbocycles. The maximum atomic E-state index is 14.0. The summed E-state index contributed by atoms with van der Waals surface area (Å²) in [6, 6.07) is 0.171. The maximum absolute atomic E-state index is 14.0. The van der Waals surface area contributed by atoms with Crippen molar-refractivity contribution in [2.24, 2.45) is 0 Å². The number of carbonyl (C=O) groups excluding carboxylic acids is 2. The highest BCUT2D eigenvalue weighted by Crippen LogP contribution is 2.37. The lowest BCUT2D eigenvalue weighted by atomic mass is 10.0. The highest BCUT2D eigenvalue weighted by molar-refractivity contribution is 5.99. The van der Waals surface area contributed by atoms with E-state index in [1.807, 2.05) is 6.92 Å². The second-order valence-electron chi connectivity index (χ2n) is 9.72. The van der Waals surface area contributed by atoms with Crippen LogP contribution in [-0.2, 0) is 16.0 Å². The number of ether oxygens (including phenoxy) is 2. The van der Waals surface area contributed by atoms with Gasteiger partial charge in [-0.2, -0.15) is 0 Å². The molecule has 0 radical (unpaired) electrons. The van der Waals surface area contributed by atoms with Crippen LogP contribution in [0.3, 0.4) is 0 Å². The molecule has 0 spiro atoms. The quantitative estimate of drug-likeness (QED) is 0.564. The van der Waals surface area contributed by atoms with Gasteiger partial charge in [-0.15, -0.1) is 0 Å². The molecule has 2 N–H and O–H groups in total. The van der Waals surface area contributed by atoms with Gasteiger partial charge in [-0.25, -0.2) is 13.2 Å². The first kappa shape index (κ1) is 26.7. The molecule has 2 aliphatic rings. The average Bonchev–Trinajstić information content (AvgIpc) is 2.96. The molecule has 3 unspecified atom stereocenters. The lowest BCUT2D eigenvalue weighted by Gasteiger charge is -2.40. The van der Waals surface area contributed by atoms with E-state index in [2.05, 4.69) is 5.32 Å². The van der Waals surface area contributed by atoms with Crippen molar-refractivity contribution >= 4 is 11.8 Å². The van der Waals surface area contributed by atoms with Gasteiger partial charge >= 0.3 is 0 Å². The number of aromatic hydroxyl groups is 1. The zero-order valence-corrected chi connectivity index (χ0v) is 20.8. The summed E-state index contributed by atoms with van der Waals surface area (Å²) < 4.78 is 54.1. The summed E-state index contributed by atoms with van der Waals surface area (Å²) in [4.78, 5) is 40.6. The molecule has 37 heavy (non-hydrogen) atoms. The van der Waals surface area contributed by atoms with Crippen molar-refractivity contribution in [3.05, 3.63) is 62.8 Å². The predicted molar refractivity (Wildman–Crippen MR) is 125 cm³/mol. The molecule has 2 aliphatic heterocycles. The first-order valence-corrected chi connectivity index (χ1v) is 11.8. The number of halogens is 3. The first-order valence-electron chi connectivity index (χ1n) is 11.8. The largest absolute Gasteiger partial charge is 0.503 e. The number of fused-ring (bicyclic) bond motifs is 4. The fraction of sp³-hybridized carbons (Fsp3) is 0.480. The van der Waals surface area contributed by atoms with Gasteiger partial charge in [0.2, 0.25) is 5.43 Å². The molecular formula is C25H28F3N3O6. The minimum atomic E-state index is -1.21. The Hall–Kier alpha value is -3.38. The number of hydrogen-bond acceptors (Lipinski definition) is 6. The van der Waals surface area contributed by atoms with E-state index in [9.17, 15) is 32.7 Å². The zero-order valence-electron chi connectivity index (χ0n) is 20.8.